The number of allylic oxidation sites excluding steroid dienone is 1. The Morgan fingerprint density at radius 1 is 1.19 bits per heavy atom. The smallest absolute Gasteiger partial charge is 0.0699 e. The normalized spacial score (nSPS) is 27.3. The predicted molar refractivity (Wildman–Crippen MR) is 119 cm³/mol. The lowest BCUT2D eigenvalue weighted by molar-refractivity contribution is 0.0111. The van der Waals surface area contributed by atoms with Gasteiger partial charge in [-0.15, -0.1) is 6.58 Å². The molecule has 3 heteroatoms. The number of nitrogens with zero attached hydrogens (tertiary/aromatic N) is 2. The zero-order chi connectivity index (χ0) is 19.7. The van der Waals surface area contributed by atoms with Crippen molar-refractivity contribution < 1.29 is 0 Å². The summed E-state index contributed by atoms with van der Waals surface area (Å²) in [5, 5.41) is 7.82. The zero-order valence-corrected chi connectivity index (χ0v) is 17.3. The predicted octanol–water partition coefficient (Wildman–Crippen LogP) is 6.10. The van der Waals surface area contributed by atoms with Crippen molar-refractivity contribution in [1.29, 1.82) is 0 Å². The average Bonchev–Trinajstić information content (AvgIpc) is 2.66. The van der Waals surface area contributed by atoms with Gasteiger partial charge < -0.3 is 5.73 Å². The lowest BCUT2D eigenvalue weighted by Gasteiger charge is -2.52. The molecule has 0 saturated heterocycles. The summed E-state index contributed by atoms with van der Waals surface area (Å²) >= 11 is 0. The van der Waals surface area contributed by atoms with E-state index >= 15 is 0 Å². The molecule has 2 N–H and O–H groups in total. The van der Waals surface area contributed by atoms with Gasteiger partial charge in [-0.25, -0.2) is 0 Å². The quantitative estimate of drug-likeness (QED) is 0.369. The minimum absolute atomic E-state index is 0.682. The van der Waals surface area contributed by atoms with Crippen molar-refractivity contribution in [3.63, 3.8) is 0 Å². The minimum Gasteiger partial charge on any atom is -0.331 e. The second-order valence-corrected chi connectivity index (χ2v) is 8.14. The van der Waals surface area contributed by atoms with E-state index in [1.165, 1.54) is 56.1 Å². The fraction of sp³-hybridized carbons (Fsp3) is 0.583. The molecule has 2 aliphatic carbocycles. The molecule has 2 saturated carbocycles. The van der Waals surface area contributed by atoms with Gasteiger partial charge in [0.1, 0.15) is 0 Å². The molecule has 0 radical (unpaired) electrons. The van der Waals surface area contributed by atoms with Crippen LogP contribution in [0.4, 0.5) is 0 Å². The Morgan fingerprint density at radius 2 is 1.78 bits per heavy atom. The van der Waals surface area contributed by atoms with E-state index in [0.717, 1.165) is 30.5 Å². The Kier molecular flexibility index (Phi) is 8.43. The molecule has 0 unspecified atom stereocenters. The van der Waals surface area contributed by atoms with Crippen molar-refractivity contribution >= 4 is 12.4 Å². The van der Waals surface area contributed by atoms with Crippen LogP contribution in [0.3, 0.4) is 0 Å². The molecule has 0 atom stereocenters. The highest BCUT2D eigenvalue weighted by Gasteiger charge is 2.45. The van der Waals surface area contributed by atoms with Crippen LogP contribution in [0.25, 0.3) is 0 Å². The van der Waals surface area contributed by atoms with Gasteiger partial charge in [0.15, 0.2) is 0 Å². The van der Waals surface area contributed by atoms with E-state index in [-0.39, 0.29) is 0 Å². The van der Waals surface area contributed by atoms with Crippen LogP contribution in [0, 0.1) is 11.3 Å². The number of rotatable bonds is 6. The van der Waals surface area contributed by atoms with Crippen molar-refractivity contribution in [2.75, 3.05) is 6.54 Å². The molecule has 3 nitrogen and oxygen atoms in total. The summed E-state index contributed by atoms with van der Waals surface area (Å²) in [5.74, 6) is 1.66. The summed E-state index contributed by atoms with van der Waals surface area (Å²) in [6.45, 7) is 12.1. The number of hydrogen-bond acceptors (Lipinski definition) is 3. The van der Waals surface area contributed by atoms with Crippen LogP contribution in [0.5, 0.6) is 0 Å². The zero-order valence-electron chi connectivity index (χ0n) is 17.3. The summed E-state index contributed by atoms with van der Waals surface area (Å²) in [6.07, 6.45) is 12.6. The van der Waals surface area contributed by atoms with E-state index in [2.05, 4.69) is 60.8 Å². The number of hydrogen-bond donors (Lipinski definition) is 1. The van der Waals surface area contributed by atoms with E-state index in [1.807, 2.05) is 6.92 Å². The van der Waals surface area contributed by atoms with Crippen LogP contribution in [0.2, 0.25) is 0 Å². The third-order valence-corrected chi connectivity index (χ3v) is 6.23. The summed E-state index contributed by atoms with van der Waals surface area (Å²) in [4.78, 5) is 0. The van der Waals surface area contributed by atoms with E-state index < -0.39 is 0 Å². The van der Waals surface area contributed by atoms with Crippen molar-refractivity contribution in [1.82, 2.24) is 0 Å². The largest absolute Gasteiger partial charge is 0.331 e. The fourth-order valence-corrected chi connectivity index (χ4v) is 4.90. The summed E-state index contributed by atoms with van der Waals surface area (Å²) in [6, 6.07) is 9.01. The van der Waals surface area contributed by atoms with Gasteiger partial charge in [0, 0.05) is 6.72 Å². The standard InChI is InChI=1S/C22H30N2.C2H7N/c1-4-6-17-15-22(16-17)13-11-19(12-14-22)18-7-9-20(10-8-18)21(5-2)24-23-3;1-2-3/h4,7-10,17,19H,1,3,5-6,11-16H2,2H3;2-3H2,1H3/b24-21+;. The molecule has 2 fully saturated rings. The Labute approximate surface area is 165 Å². The molecule has 1 spiro atoms. The van der Waals surface area contributed by atoms with Crippen LogP contribution in [0.1, 0.15) is 82.3 Å². The van der Waals surface area contributed by atoms with E-state index in [9.17, 15) is 0 Å². The molecule has 1 aromatic rings. The first kappa shape index (κ1) is 21.6. The lowest BCUT2D eigenvalue weighted by Crippen LogP contribution is -2.39. The first-order chi connectivity index (χ1) is 13.1. The molecule has 3 rings (SSSR count). The Balaban J connectivity index is 0.000000817. The molecular weight excluding hydrogens is 330 g/mol. The molecule has 0 aromatic heterocycles. The fourth-order valence-electron chi connectivity index (χ4n) is 4.90. The van der Waals surface area contributed by atoms with E-state index in [1.54, 1.807) is 0 Å². The maximum Gasteiger partial charge on any atom is 0.0699 e. The SMILES string of the molecule is C=CCC1CC2(CCC(c3ccc(/C(CC)=N/N=C)cc3)CC2)C1.CCN. The topological polar surface area (TPSA) is 50.7 Å². The van der Waals surface area contributed by atoms with Crippen LogP contribution >= 0.6 is 0 Å². The highest BCUT2D eigenvalue weighted by Crippen LogP contribution is 2.57. The van der Waals surface area contributed by atoms with Crippen LogP contribution in [0.15, 0.2) is 47.1 Å². The molecule has 0 amide bonds. The van der Waals surface area contributed by atoms with Crippen molar-refractivity contribution in [2.45, 2.75) is 71.1 Å². The van der Waals surface area contributed by atoms with Gasteiger partial charge in [-0.05, 0) is 86.3 Å². The molecule has 0 bridgehead atoms. The van der Waals surface area contributed by atoms with Gasteiger partial charge in [0.2, 0.25) is 0 Å². The maximum atomic E-state index is 4.85. The molecule has 0 heterocycles. The first-order valence-electron chi connectivity index (χ1n) is 10.5. The highest BCUT2D eigenvalue weighted by molar-refractivity contribution is 6.00. The van der Waals surface area contributed by atoms with Crippen molar-refractivity contribution in [3.05, 3.63) is 48.0 Å². The Bertz CT molecular complexity index is 614. The second kappa shape index (κ2) is 10.6. The van der Waals surface area contributed by atoms with Crippen LogP contribution in [-0.2, 0) is 0 Å². The van der Waals surface area contributed by atoms with Gasteiger partial charge in [0.25, 0.3) is 0 Å². The van der Waals surface area contributed by atoms with Gasteiger partial charge in [-0.2, -0.15) is 10.2 Å². The average molecular weight is 368 g/mol. The Morgan fingerprint density at radius 3 is 2.26 bits per heavy atom. The minimum atomic E-state index is 0.682. The maximum absolute atomic E-state index is 4.85. The highest BCUT2D eigenvalue weighted by atomic mass is 15.2. The molecular formula is C24H37N3. The van der Waals surface area contributed by atoms with Gasteiger partial charge >= 0.3 is 0 Å². The molecule has 0 aliphatic heterocycles. The Hall–Kier alpha value is -1.74. The molecule has 148 valence electrons. The first-order valence-corrected chi connectivity index (χ1v) is 10.5. The van der Waals surface area contributed by atoms with Crippen molar-refractivity contribution in [3.8, 4) is 0 Å². The summed E-state index contributed by atoms with van der Waals surface area (Å²) in [5.41, 5.74) is 9.22. The van der Waals surface area contributed by atoms with Gasteiger partial charge in [0.05, 0.1) is 5.71 Å². The van der Waals surface area contributed by atoms with Crippen LogP contribution in [-0.4, -0.2) is 19.0 Å². The van der Waals surface area contributed by atoms with Crippen molar-refractivity contribution in [2.24, 2.45) is 27.3 Å². The lowest BCUT2D eigenvalue weighted by atomic mass is 9.53. The van der Waals surface area contributed by atoms with E-state index in [0.29, 0.717) is 5.41 Å². The number of benzene rings is 1. The van der Waals surface area contributed by atoms with Gasteiger partial charge in [-0.3, -0.25) is 0 Å². The van der Waals surface area contributed by atoms with Crippen LogP contribution < -0.4 is 5.73 Å². The number of nitrogens with two attached hydrogens (primary N) is 1. The monoisotopic (exact) mass is 367 g/mol. The molecule has 2 aliphatic rings. The molecule has 1 aromatic carbocycles. The van der Waals surface area contributed by atoms with E-state index in [4.69, 9.17) is 5.73 Å². The summed E-state index contributed by atoms with van der Waals surface area (Å²) in [7, 11) is 0. The third kappa shape index (κ3) is 5.62. The summed E-state index contributed by atoms with van der Waals surface area (Å²) < 4.78 is 0. The third-order valence-electron chi connectivity index (χ3n) is 6.23. The van der Waals surface area contributed by atoms with Gasteiger partial charge in [-0.1, -0.05) is 44.2 Å². The second-order valence-electron chi connectivity index (χ2n) is 8.14. The molecule has 27 heavy (non-hydrogen) atoms.